The number of rotatable bonds is 0. The van der Waals surface area contributed by atoms with Crippen LogP contribution in [0, 0.1) is 0 Å². The first-order valence-electron chi connectivity index (χ1n) is 3.69. The highest BCUT2D eigenvalue weighted by atomic mass is 32.2. The lowest BCUT2D eigenvalue weighted by Gasteiger charge is -2.19. The van der Waals surface area contributed by atoms with E-state index in [4.69, 9.17) is 0 Å². The lowest BCUT2D eigenvalue weighted by molar-refractivity contribution is 0.751. The van der Waals surface area contributed by atoms with E-state index < -0.39 is 0 Å². The molecular formula is C8H12S. The zero-order valence-electron chi connectivity index (χ0n) is 5.60. The molecule has 0 radical (unpaired) electrons. The molecule has 2 unspecified atom stereocenters. The highest BCUT2D eigenvalue weighted by Gasteiger charge is 2.31. The van der Waals surface area contributed by atoms with Crippen LogP contribution in [0.4, 0.5) is 0 Å². The van der Waals surface area contributed by atoms with Gasteiger partial charge in [-0.2, -0.15) is 11.8 Å². The molecule has 2 bridgehead atoms. The Morgan fingerprint density at radius 3 is 3.00 bits per heavy atom. The minimum Gasteiger partial charge on any atom is -0.151 e. The molecule has 9 heavy (non-hydrogen) atoms. The maximum atomic E-state index is 4.07. The zero-order chi connectivity index (χ0) is 6.27. The largest absolute Gasteiger partial charge is 0.151 e. The molecule has 1 heteroatoms. The van der Waals surface area contributed by atoms with E-state index in [2.05, 4.69) is 18.3 Å². The van der Waals surface area contributed by atoms with Crippen molar-refractivity contribution >= 4 is 11.8 Å². The van der Waals surface area contributed by atoms with Crippen molar-refractivity contribution in [3.8, 4) is 0 Å². The van der Waals surface area contributed by atoms with Crippen molar-refractivity contribution in [1.29, 1.82) is 0 Å². The van der Waals surface area contributed by atoms with E-state index in [1.807, 2.05) is 0 Å². The first kappa shape index (κ1) is 5.84. The van der Waals surface area contributed by atoms with Gasteiger partial charge in [0.25, 0.3) is 0 Å². The van der Waals surface area contributed by atoms with Crippen molar-refractivity contribution in [2.75, 3.05) is 0 Å². The van der Waals surface area contributed by atoms with Crippen LogP contribution in [0.3, 0.4) is 0 Å². The fourth-order valence-electron chi connectivity index (χ4n) is 1.73. The molecule has 0 amide bonds. The van der Waals surface area contributed by atoms with E-state index in [-0.39, 0.29) is 0 Å². The minimum absolute atomic E-state index is 0.851. The van der Waals surface area contributed by atoms with Gasteiger partial charge in [0.05, 0.1) is 0 Å². The summed E-state index contributed by atoms with van der Waals surface area (Å²) in [4.78, 5) is 0. The topological polar surface area (TPSA) is 0 Å². The highest BCUT2D eigenvalue weighted by Crippen LogP contribution is 2.45. The van der Waals surface area contributed by atoms with Crippen LogP contribution in [-0.4, -0.2) is 10.5 Å². The predicted octanol–water partition coefficient (Wildman–Crippen LogP) is 2.60. The molecule has 2 aliphatic rings. The third kappa shape index (κ3) is 0.917. The van der Waals surface area contributed by atoms with Gasteiger partial charge in [-0.05, 0) is 25.7 Å². The van der Waals surface area contributed by atoms with E-state index in [0.717, 1.165) is 10.5 Å². The number of hydrogen-bond donors (Lipinski definition) is 0. The maximum absolute atomic E-state index is 4.07. The van der Waals surface area contributed by atoms with Gasteiger partial charge in [0.1, 0.15) is 0 Å². The minimum atomic E-state index is 0.851. The third-order valence-electron chi connectivity index (χ3n) is 2.35. The number of hydrogen-bond acceptors (Lipinski definition) is 1. The summed E-state index contributed by atoms with van der Waals surface area (Å²) < 4.78 is 0. The van der Waals surface area contributed by atoms with Crippen LogP contribution in [0.2, 0.25) is 0 Å². The van der Waals surface area contributed by atoms with Gasteiger partial charge in [-0.3, -0.25) is 0 Å². The summed E-state index contributed by atoms with van der Waals surface area (Å²) in [5.74, 6) is 0. The zero-order valence-corrected chi connectivity index (χ0v) is 6.41. The molecule has 2 aliphatic heterocycles. The van der Waals surface area contributed by atoms with E-state index in [1.54, 1.807) is 0 Å². The van der Waals surface area contributed by atoms with Crippen LogP contribution < -0.4 is 0 Å². The van der Waals surface area contributed by atoms with Crippen LogP contribution in [-0.2, 0) is 0 Å². The number of fused-ring (bicyclic) bond motifs is 2. The second-order valence-corrected chi connectivity index (χ2v) is 4.53. The molecule has 0 spiro atoms. The lowest BCUT2D eigenvalue weighted by atomic mass is 10.1. The normalized spacial score (nSPS) is 41.6. The van der Waals surface area contributed by atoms with Crippen molar-refractivity contribution in [2.45, 2.75) is 36.2 Å². The summed E-state index contributed by atoms with van der Waals surface area (Å²) in [6, 6.07) is 0. The first-order chi connectivity index (χ1) is 4.36. The van der Waals surface area contributed by atoms with Gasteiger partial charge >= 0.3 is 0 Å². The van der Waals surface area contributed by atoms with Crippen LogP contribution in [0.5, 0.6) is 0 Å². The molecular weight excluding hydrogens is 128 g/mol. The molecule has 2 rings (SSSR count). The Kier molecular flexibility index (Phi) is 1.33. The van der Waals surface area contributed by atoms with Gasteiger partial charge in [0, 0.05) is 10.5 Å². The van der Waals surface area contributed by atoms with E-state index >= 15 is 0 Å². The molecule has 0 aliphatic carbocycles. The fraction of sp³-hybridized carbons (Fsp3) is 0.750. The highest BCUT2D eigenvalue weighted by molar-refractivity contribution is 8.01. The fourth-order valence-corrected chi connectivity index (χ4v) is 3.30. The van der Waals surface area contributed by atoms with Gasteiger partial charge in [0.2, 0.25) is 0 Å². The quantitative estimate of drug-likeness (QED) is 0.466. The molecule has 0 saturated carbocycles. The second kappa shape index (κ2) is 2.05. The molecule has 0 aromatic heterocycles. The van der Waals surface area contributed by atoms with Gasteiger partial charge in [-0.25, -0.2) is 0 Å². The van der Waals surface area contributed by atoms with Gasteiger partial charge < -0.3 is 0 Å². The molecule has 2 heterocycles. The van der Waals surface area contributed by atoms with Crippen LogP contribution >= 0.6 is 11.8 Å². The average molecular weight is 140 g/mol. The van der Waals surface area contributed by atoms with Crippen molar-refractivity contribution in [1.82, 2.24) is 0 Å². The van der Waals surface area contributed by atoms with E-state index in [9.17, 15) is 0 Å². The van der Waals surface area contributed by atoms with Gasteiger partial charge in [-0.1, -0.05) is 12.2 Å². The van der Waals surface area contributed by atoms with Crippen molar-refractivity contribution < 1.29 is 0 Å². The smallest absolute Gasteiger partial charge is 0.0257 e. The van der Waals surface area contributed by atoms with Gasteiger partial charge in [-0.15, -0.1) is 0 Å². The maximum Gasteiger partial charge on any atom is 0.0257 e. The van der Waals surface area contributed by atoms with E-state index in [1.165, 1.54) is 31.3 Å². The first-order valence-corrected chi connectivity index (χ1v) is 4.63. The van der Waals surface area contributed by atoms with E-state index in [0.29, 0.717) is 0 Å². The Morgan fingerprint density at radius 2 is 2.22 bits per heavy atom. The summed E-state index contributed by atoms with van der Waals surface area (Å²) in [5, 5.41) is 1.85. The molecule has 2 saturated heterocycles. The molecule has 0 aromatic rings. The SMILES string of the molecule is C=C1CCC2CCC1S2. The monoisotopic (exact) mass is 140 g/mol. The second-order valence-electron chi connectivity index (χ2n) is 3.02. The number of thioether (sulfide) groups is 1. The summed E-state index contributed by atoms with van der Waals surface area (Å²) in [6.07, 6.45) is 5.57. The average Bonchev–Trinajstić information content (AvgIpc) is 2.25. The lowest BCUT2D eigenvalue weighted by Crippen LogP contribution is -2.08. The Labute approximate surface area is 60.7 Å². The summed E-state index contributed by atoms with van der Waals surface area (Å²) in [6.45, 7) is 4.07. The van der Waals surface area contributed by atoms with Crippen LogP contribution in [0.1, 0.15) is 25.7 Å². The Balaban J connectivity index is 2.14. The Hall–Kier alpha value is 0.0900. The molecule has 50 valence electrons. The standard InChI is InChI=1S/C8H12S/c1-6-2-3-7-4-5-8(6)9-7/h7-8H,1-5H2. The molecule has 0 nitrogen and oxygen atoms in total. The predicted molar refractivity (Wildman–Crippen MR) is 42.8 cm³/mol. The molecule has 0 aromatic carbocycles. The molecule has 0 N–H and O–H groups in total. The Bertz CT molecular complexity index is 140. The summed E-state index contributed by atoms with van der Waals surface area (Å²) in [7, 11) is 0. The van der Waals surface area contributed by atoms with Crippen molar-refractivity contribution in [2.24, 2.45) is 0 Å². The summed E-state index contributed by atoms with van der Waals surface area (Å²) in [5.41, 5.74) is 1.51. The van der Waals surface area contributed by atoms with Crippen molar-refractivity contribution in [3.05, 3.63) is 12.2 Å². The summed E-state index contributed by atoms with van der Waals surface area (Å²) >= 11 is 2.16. The van der Waals surface area contributed by atoms with Crippen LogP contribution in [0.25, 0.3) is 0 Å². The third-order valence-corrected chi connectivity index (χ3v) is 4.10. The van der Waals surface area contributed by atoms with Gasteiger partial charge in [0.15, 0.2) is 0 Å². The molecule has 2 atom stereocenters. The van der Waals surface area contributed by atoms with Crippen molar-refractivity contribution in [3.63, 3.8) is 0 Å². The van der Waals surface area contributed by atoms with Crippen LogP contribution in [0.15, 0.2) is 12.2 Å². The molecule has 2 fully saturated rings. The Morgan fingerprint density at radius 1 is 1.33 bits per heavy atom.